The molecule has 0 aromatic carbocycles. The molecule has 0 aliphatic heterocycles. The molecule has 1 aliphatic rings. The fourth-order valence-corrected chi connectivity index (χ4v) is 2.80. The topological polar surface area (TPSA) is 81.6 Å². The van der Waals surface area contributed by atoms with Crippen LogP contribution in [0.3, 0.4) is 0 Å². The zero-order valence-corrected chi connectivity index (χ0v) is 11.7. The Kier molecular flexibility index (Phi) is 3.81. The lowest BCUT2D eigenvalue weighted by Gasteiger charge is -2.16. The summed E-state index contributed by atoms with van der Waals surface area (Å²) in [4.78, 5) is 18.8. The van der Waals surface area contributed by atoms with Crippen LogP contribution in [0.1, 0.15) is 36.8 Å². The van der Waals surface area contributed by atoms with Crippen molar-refractivity contribution in [1.82, 2.24) is 9.97 Å². The summed E-state index contributed by atoms with van der Waals surface area (Å²) >= 11 is 0. The Morgan fingerprint density at radius 1 is 1.24 bits per heavy atom. The van der Waals surface area contributed by atoms with Gasteiger partial charge in [-0.2, -0.15) is 0 Å². The predicted molar refractivity (Wildman–Crippen MR) is 83.1 cm³/mol. The number of anilines is 1. The first kappa shape index (κ1) is 13.5. The van der Waals surface area contributed by atoms with Gasteiger partial charge in [-0.3, -0.25) is 15.2 Å². The summed E-state index contributed by atoms with van der Waals surface area (Å²) in [5, 5.41) is 11.8. The third kappa shape index (κ3) is 2.86. The molecule has 0 spiro atoms. The monoisotopic (exact) mass is 282 g/mol. The number of aromatic amines is 1. The fourth-order valence-electron chi connectivity index (χ4n) is 2.80. The van der Waals surface area contributed by atoms with Gasteiger partial charge in [-0.25, -0.2) is 0 Å². The summed E-state index contributed by atoms with van der Waals surface area (Å²) in [5.41, 5.74) is 1.82. The van der Waals surface area contributed by atoms with Gasteiger partial charge in [0.15, 0.2) is 0 Å². The maximum Gasteiger partial charge on any atom is 0.259 e. The summed E-state index contributed by atoms with van der Waals surface area (Å²) < 4.78 is 0. The van der Waals surface area contributed by atoms with Crippen molar-refractivity contribution in [3.63, 3.8) is 0 Å². The number of hydrogen-bond acceptors (Lipinski definition) is 4. The second kappa shape index (κ2) is 5.91. The summed E-state index contributed by atoms with van der Waals surface area (Å²) in [6.07, 6.45) is 9.57. The van der Waals surface area contributed by atoms with E-state index in [0.717, 1.165) is 18.5 Å². The molecule has 0 bridgehead atoms. The molecule has 5 nitrogen and oxygen atoms in total. The molecule has 2 aromatic rings. The molecule has 1 aliphatic carbocycles. The molecule has 1 fully saturated rings. The van der Waals surface area contributed by atoms with E-state index in [-0.39, 0.29) is 11.3 Å². The Labute approximate surface area is 123 Å². The molecule has 0 saturated heterocycles. The van der Waals surface area contributed by atoms with Gasteiger partial charge in [0.25, 0.3) is 5.56 Å². The van der Waals surface area contributed by atoms with E-state index >= 15 is 0 Å². The zero-order valence-electron chi connectivity index (χ0n) is 11.7. The number of nitrogens with one attached hydrogen (secondary N) is 3. The lowest BCUT2D eigenvalue weighted by atomic mass is 10.0. The molecule has 5 heteroatoms. The smallest absolute Gasteiger partial charge is 0.259 e. The van der Waals surface area contributed by atoms with Crippen LogP contribution in [0.25, 0.3) is 0 Å². The molecule has 0 radical (unpaired) electrons. The standard InChI is InChI=1S/C16H18N4O/c17-15(11-5-8-18-9-6-11)14-13(7-10-19-16(14)21)20-12-3-1-2-4-12/h5-10,12,17H,1-4H2,(H2,19,20,21). The number of nitrogens with zero attached hydrogens (tertiary/aromatic N) is 1. The average molecular weight is 282 g/mol. The molecule has 21 heavy (non-hydrogen) atoms. The van der Waals surface area contributed by atoms with Gasteiger partial charge in [-0.05, 0) is 31.0 Å². The van der Waals surface area contributed by atoms with Crippen molar-refractivity contribution in [2.24, 2.45) is 0 Å². The summed E-state index contributed by atoms with van der Waals surface area (Å²) in [6.45, 7) is 0. The minimum atomic E-state index is -0.236. The minimum Gasteiger partial charge on any atom is -0.382 e. The van der Waals surface area contributed by atoms with Crippen molar-refractivity contribution >= 4 is 11.4 Å². The molecule has 3 rings (SSSR count). The summed E-state index contributed by atoms with van der Waals surface area (Å²) in [5.74, 6) is 0. The first-order chi connectivity index (χ1) is 10.3. The second-order valence-corrected chi connectivity index (χ2v) is 5.33. The molecule has 0 atom stereocenters. The molecule has 108 valence electrons. The Morgan fingerprint density at radius 2 is 1.95 bits per heavy atom. The van der Waals surface area contributed by atoms with Crippen molar-refractivity contribution < 1.29 is 0 Å². The first-order valence-electron chi connectivity index (χ1n) is 7.23. The quantitative estimate of drug-likeness (QED) is 0.754. The maximum atomic E-state index is 12.2. The Morgan fingerprint density at radius 3 is 2.67 bits per heavy atom. The van der Waals surface area contributed by atoms with E-state index in [0.29, 0.717) is 17.2 Å². The third-order valence-electron chi connectivity index (χ3n) is 3.89. The fraction of sp³-hybridized carbons (Fsp3) is 0.312. The van der Waals surface area contributed by atoms with Gasteiger partial charge in [0.1, 0.15) is 0 Å². The van der Waals surface area contributed by atoms with Crippen LogP contribution in [0.5, 0.6) is 0 Å². The normalized spacial score (nSPS) is 15.0. The zero-order chi connectivity index (χ0) is 14.7. The van der Waals surface area contributed by atoms with E-state index in [2.05, 4.69) is 15.3 Å². The van der Waals surface area contributed by atoms with Crippen LogP contribution in [0.15, 0.2) is 41.6 Å². The van der Waals surface area contributed by atoms with Crippen molar-refractivity contribution in [2.45, 2.75) is 31.7 Å². The average Bonchev–Trinajstić information content (AvgIpc) is 3.01. The second-order valence-electron chi connectivity index (χ2n) is 5.33. The van der Waals surface area contributed by atoms with Gasteiger partial charge in [0, 0.05) is 30.2 Å². The third-order valence-corrected chi connectivity index (χ3v) is 3.89. The van der Waals surface area contributed by atoms with E-state index in [4.69, 9.17) is 5.41 Å². The van der Waals surface area contributed by atoms with Gasteiger partial charge >= 0.3 is 0 Å². The number of aromatic nitrogens is 2. The van der Waals surface area contributed by atoms with E-state index in [1.165, 1.54) is 12.8 Å². The number of H-pyrrole nitrogens is 1. The van der Waals surface area contributed by atoms with Crippen LogP contribution >= 0.6 is 0 Å². The lowest BCUT2D eigenvalue weighted by molar-refractivity contribution is 0.754. The van der Waals surface area contributed by atoms with Crippen molar-refractivity contribution in [1.29, 1.82) is 5.41 Å². The number of hydrogen-bond donors (Lipinski definition) is 3. The number of rotatable bonds is 4. The molecular weight excluding hydrogens is 264 g/mol. The van der Waals surface area contributed by atoms with E-state index < -0.39 is 0 Å². The van der Waals surface area contributed by atoms with Crippen LogP contribution in [-0.4, -0.2) is 21.7 Å². The minimum absolute atomic E-state index is 0.222. The van der Waals surface area contributed by atoms with Crippen LogP contribution in [0, 0.1) is 5.41 Å². The van der Waals surface area contributed by atoms with E-state index in [9.17, 15) is 4.79 Å². The van der Waals surface area contributed by atoms with Crippen molar-refractivity contribution in [3.05, 3.63) is 58.3 Å². The van der Waals surface area contributed by atoms with E-state index in [1.807, 2.05) is 6.07 Å². The molecule has 2 aromatic heterocycles. The Balaban J connectivity index is 1.97. The Bertz CT molecular complexity index is 687. The molecule has 0 amide bonds. The van der Waals surface area contributed by atoms with Crippen LogP contribution in [-0.2, 0) is 0 Å². The maximum absolute atomic E-state index is 12.2. The highest BCUT2D eigenvalue weighted by atomic mass is 16.1. The van der Waals surface area contributed by atoms with Crippen LogP contribution in [0.2, 0.25) is 0 Å². The molecule has 3 N–H and O–H groups in total. The van der Waals surface area contributed by atoms with Gasteiger partial charge in [0.2, 0.25) is 0 Å². The SMILES string of the molecule is N=C(c1ccncc1)c1c(NC2CCCC2)cc[nH]c1=O. The summed E-state index contributed by atoms with van der Waals surface area (Å²) in [6, 6.07) is 5.73. The predicted octanol–water partition coefficient (Wildman–Crippen LogP) is 2.54. The molecule has 1 saturated carbocycles. The van der Waals surface area contributed by atoms with Gasteiger partial charge in [-0.1, -0.05) is 12.8 Å². The highest BCUT2D eigenvalue weighted by Crippen LogP contribution is 2.24. The van der Waals surface area contributed by atoms with Gasteiger partial charge in [-0.15, -0.1) is 0 Å². The lowest BCUT2D eigenvalue weighted by Crippen LogP contribution is -2.24. The Hall–Kier alpha value is -2.43. The van der Waals surface area contributed by atoms with E-state index in [1.54, 1.807) is 30.7 Å². The largest absolute Gasteiger partial charge is 0.382 e. The highest BCUT2D eigenvalue weighted by molar-refractivity contribution is 6.13. The van der Waals surface area contributed by atoms with Crippen molar-refractivity contribution in [3.8, 4) is 0 Å². The number of pyridine rings is 2. The van der Waals surface area contributed by atoms with Crippen molar-refractivity contribution in [2.75, 3.05) is 5.32 Å². The molecule has 0 unspecified atom stereocenters. The highest BCUT2D eigenvalue weighted by Gasteiger charge is 2.19. The van der Waals surface area contributed by atoms with Gasteiger partial charge in [0.05, 0.1) is 17.0 Å². The van der Waals surface area contributed by atoms with Crippen LogP contribution < -0.4 is 10.9 Å². The summed E-state index contributed by atoms with van der Waals surface area (Å²) in [7, 11) is 0. The van der Waals surface area contributed by atoms with Crippen LogP contribution in [0.4, 0.5) is 5.69 Å². The molecular formula is C16H18N4O. The van der Waals surface area contributed by atoms with Gasteiger partial charge < -0.3 is 10.3 Å². The first-order valence-corrected chi connectivity index (χ1v) is 7.23. The molecule has 2 heterocycles.